The first-order valence-corrected chi connectivity index (χ1v) is 5.10. The zero-order valence-corrected chi connectivity index (χ0v) is 8.77. The molecule has 0 radical (unpaired) electrons. The zero-order valence-electron chi connectivity index (χ0n) is 8.77. The maximum absolute atomic E-state index is 5.49. The van der Waals surface area contributed by atoms with Gasteiger partial charge in [0.05, 0.1) is 12.3 Å². The minimum absolute atomic E-state index is 0.113. The molecule has 5 nitrogen and oxygen atoms in total. The Morgan fingerprint density at radius 1 is 1.53 bits per heavy atom. The lowest BCUT2D eigenvalue weighted by Crippen LogP contribution is -2.41. The quantitative estimate of drug-likeness (QED) is 0.768. The van der Waals surface area contributed by atoms with Gasteiger partial charge in [-0.25, -0.2) is 0 Å². The number of aromatic nitrogens is 2. The summed E-state index contributed by atoms with van der Waals surface area (Å²) in [6.45, 7) is 4.91. The Bertz CT molecular complexity index is 296. The average Bonchev–Trinajstić information content (AvgIpc) is 2.30. The summed E-state index contributed by atoms with van der Waals surface area (Å²) in [5, 5.41) is 11.1. The van der Waals surface area contributed by atoms with Gasteiger partial charge in [-0.1, -0.05) is 0 Å². The summed E-state index contributed by atoms with van der Waals surface area (Å²) in [6, 6.07) is 3.70. The second-order valence-corrected chi connectivity index (χ2v) is 3.52. The van der Waals surface area contributed by atoms with Crippen molar-refractivity contribution in [2.45, 2.75) is 13.0 Å². The fourth-order valence-electron chi connectivity index (χ4n) is 1.37. The van der Waals surface area contributed by atoms with Gasteiger partial charge in [-0.3, -0.25) is 0 Å². The molecule has 5 heteroatoms. The number of hydrogen-bond acceptors (Lipinski definition) is 5. The van der Waals surface area contributed by atoms with E-state index in [1.807, 2.05) is 19.1 Å². The summed E-state index contributed by atoms with van der Waals surface area (Å²) < 4.78 is 10.9. The lowest BCUT2D eigenvalue weighted by molar-refractivity contribution is -0.000938. The number of nitrogens with zero attached hydrogens (tertiary/aromatic N) is 2. The minimum Gasteiger partial charge on any atom is -0.474 e. The molecule has 0 bridgehead atoms. The highest BCUT2D eigenvalue weighted by molar-refractivity contribution is 5.10. The molecule has 0 spiro atoms. The first-order chi connectivity index (χ1) is 7.34. The smallest absolute Gasteiger partial charge is 0.233 e. The zero-order chi connectivity index (χ0) is 10.5. The highest BCUT2D eigenvalue weighted by Crippen LogP contribution is 2.06. The van der Waals surface area contributed by atoms with Crippen LogP contribution in [0.15, 0.2) is 12.1 Å². The summed E-state index contributed by atoms with van der Waals surface area (Å²) in [4.78, 5) is 0. The van der Waals surface area contributed by atoms with Crippen molar-refractivity contribution in [3.63, 3.8) is 0 Å². The van der Waals surface area contributed by atoms with E-state index in [-0.39, 0.29) is 6.10 Å². The Kier molecular flexibility index (Phi) is 3.47. The third-order valence-corrected chi connectivity index (χ3v) is 2.19. The van der Waals surface area contributed by atoms with Crippen LogP contribution < -0.4 is 10.1 Å². The highest BCUT2D eigenvalue weighted by Gasteiger charge is 2.13. The summed E-state index contributed by atoms with van der Waals surface area (Å²) in [6.07, 6.45) is 0.113. The molecule has 1 aliphatic rings. The normalized spacial score (nSPS) is 21.3. The van der Waals surface area contributed by atoms with Gasteiger partial charge < -0.3 is 14.8 Å². The lowest BCUT2D eigenvalue weighted by Gasteiger charge is -2.23. The summed E-state index contributed by atoms with van der Waals surface area (Å²) in [5.74, 6) is 0.551. The van der Waals surface area contributed by atoms with Crippen LogP contribution in [0.5, 0.6) is 5.88 Å². The number of aryl methyl sites for hydroxylation is 1. The number of morpholine rings is 1. The van der Waals surface area contributed by atoms with Gasteiger partial charge >= 0.3 is 0 Å². The lowest BCUT2D eigenvalue weighted by atomic mass is 10.3. The highest BCUT2D eigenvalue weighted by atomic mass is 16.5. The molecule has 1 aromatic heterocycles. The van der Waals surface area contributed by atoms with Gasteiger partial charge in [0.2, 0.25) is 5.88 Å². The van der Waals surface area contributed by atoms with E-state index in [0.29, 0.717) is 12.5 Å². The Hall–Kier alpha value is -1.20. The molecule has 1 fully saturated rings. The number of nitrogens with one attached hydrogen (secondary N) is 1. The third kappa shape index (κ3) is 3.14. The van der Waals surface area contributed by atoms with Crippen LogP contribution in [0.1, 0.15) is 5.69 Å². The van der Waals surface area contributed by atoms with Gasteiger partial charge in [0.1, 0.15) is 12.7 Å². The topological polar surface area (TPSA) is 56.3 Å². The molecule has 82 valence electrons. The van der Waals surface area contributed by atoms with Crippen molar-refractivity contribution in [2.75, 3.05) is 26.3 Å². The van der Waals surface area contributed by atoms with E-state index >= 15 is 0 Å². The maximum atomic E-state index is 5.49. The molecule has 2 rings (SSSR count). The summed E-state index contributed by atoms with van der Waals surface area (Å²) in [7, 11) is 0. The molecular formula is C10H15N3O2. The molecule has 2 heterocycles. The number of hydrogen-bond donors (Lipinski definition) is 1. The molecule has 1 saturated heterocycles. The van der Waals surface area contributed by atoms with Crippen molar-refractivity contribution in [1.82, 2.24) is 15.5 Å². The average molecular weight is 209 g/mol. The van der Waals surface area contributed by atoms with E-state index in [9.17, 15) is 0 Å². The molecule has 1 aromatic rings. The van der Waals surface area contributed by atoms with Gasteiger partial charge in [-0.15, -0.1) is 5.10 Å². The van der Waals surface area contributed by atoms with Crippen LogP contribution in [0, 0.1) is 6.92 Å². The second kappa shape index (κ2) is 5.04. The Morgan fingerprint density at radius 3 is 3.13 bits per heavy atom. The second-order valence-electron chi connectivity index (χ2n) is 3.52. The standard InChI is InChI=1S/C10H15N3O2/c1-8-2-3-10(13-12-8)15-7-9-6-11-4-5-14-9/h2-3,9,11H,4-7H2,1H3. The molecule has 1 N–H and O–H groups in total. The minimum atomic E-state index is 0.113. The molecule has 0 aromatic carbocycles. The monoisotopic (exact) mass is 209 g/mol. The molecule has 1 aliphatic heterocycles. The molecule has 0 amide bonds. The molecule has 1 unspecified atom stereocenters. The molecular weight excluding hydrogens is 194 g/mol. The Labute approximate surface area is 88.8 Å². The third-order valence-electron chi connectivity index (χ3n) is 2.19. The molecule has 0 saturated carbocycles. The van der Waals surface area contributed by atoms with E-state index in [4.69, 9.17) is 9.47 Å². The van der Waals surface area contributed by atoms with Crippen molar-refractivity contribution >= 4 is 0 Å². The van der Waals surface area contributed by atoms with Gasteiger partial charge in [-0.2, -0.15) is 5.10 Å². The van der Waals surface area contributed by atoms with Crippen molar-refractivity contribution in [3.8, 4) is 5.88 Å². The predicted molar refractivity (Wildman–Crippen MR) is 54.9 cm³/mol. The molecule has 15 heavy (non-hydrogen) atoms. The first kappa shape index (κ1) is 10.3. The predicted octanol–water partition coefficient (Wildman–Crippen LogP) is 0.152. The SMILES string of the molecule is Cc1ccc(OCC2CNCCO2)nn1. The number of rotatable bonds is 3. The van der Waals surface area contributed by atoms with Crippen molar-refractivity contribution in [3.05, 3.63) is 17.8 Å². The van der Waals surface area contributed by atoms with Crippen LogP contribution in [0.4, 0.5) is 0 Å². The van der Waals surface area contributed by atoms with Crippen LogP contribution in [-0.2, 0) is 4.74 Å². The van der Waals surface area contributed by atoms with E-state index in [0.717, 1.165) is 25.4 Å². The van der Waals surface area contributed by atoms with Crippen LogP contribution in [0.2, 0.25) is 0 Å². The van der Waals surface area contributed by atoms with E-state index in [2.05, 4.69) is 15.5 Å². The fraction of sp³-hybridized carbons (Fsp3) is 0.600. The van der Waals surface area contributed by atoms with Crippen molar-refractivity contribution < 1.29 is 9.47 Å². The molecule has 0 aliphatic carbocycles. The van der Waals surface area contributed by atoms with Gasteiger partial charge in [0.25, 0.3) is 0 Å². The van der Waals surface area contributed by atoms with Crippen molar-refractivity contribution in [2.24, 2.45) is 0 Å². The van der Waals surface area contributed by atoms with Crippen LogP contribution >= 0.6 is 0 Å². The van der Waals surface area contributed by atoms with E-state index in [1.54, 1.807) is 0 Å². The number of ether oxygens (including phenoxy) is 2. The van der Waals surface area contributed by atoms with Crippen LogP contribution in [0.25, 0.3) is 0 Å². The Morgan fingerprint density at radius 2 is 2.47 bits per heavy atom. The largest absolute Gasteiger partial charge is 0.474 e. The maximum Gasteiger partial charge on any atom is 0.233 e. The fourth-order valence-corrected chi connectivity index (χ4v) is 1.37. The first-order valence-electron chi connectivity index (χ1n) is 5.10. The molecule has 1 atom stereocenters. The van der Waals surface area contributed by atoms with E-state index in [1.165, 1.54) is 0 Å². The van der Waals surface area contributed by atoms with E-state index < -0.39 is 0 Å². The van der Waals surface area contributed by atoms with Crippen molar-refractivity contribution in [1.29, 1.82) is 0 Å². The summed E-state index contributed by atoms with van der Waals surface area (Å²) >= 11 is 0. The van der Waals surface area contributed by atoms with Gasteiger partial charge in [0, 0.05) is 19.2 Å². The Balaban J connectivity index is 1.79. The van der Waals surface area contributed by atoms with Gasteiger partial charge in [0.15, 0.2) is 0 Å². The van der Waals surface area contributed by atoms with Gasteiger partial charge in [-0.05, 0) is 13.0 Å². The summed E-state index contributed by atoms with van der Waals surface area (Å²) in [5.41, 5.74) is 0.887. The van der Waals surface area contributed by atoms with Crippen LogP contribution in [0.3, 0.4) is 0 Å². The van der Waals surface area contributed by atoms with Crippen LogP contribution in [-0.4, -0.2) is 42.6 Å².